The SMILES string of the molecule is Cc1cc(C)nc(NC(=O)CSc2cccc[n+]2[O-])n1. The van der Waals surface area contributed by atoms with Gasteiger partial charge in [0.25, 0.3) is 5.03 Å². The molecule has 7 heteroatoms. The minimum absolute atomic E-state index is 0.128. The quantitative estimate of drug-likeness (QED) is 0.523. The van der Waals surface area contributed by atoms with E-state index in [0.717, 1.165) is 16.1 Å². The number of nitrogens with one attached hydrogen (secondary N) is 1. The van der Waals surface area contributed by atoms with Crippen molar-refractivity contribution in [3.05, 3.63) is 47.1 Å². The van der Waals surface area contributed by atoms with Crippen LogP contribution in [0.5, 0.6) is 0 Å². The molecule has 0 atom stereocenters. The molecule has 0 aliphatic carbocycles. The molecule has 0 aliphatic heterocycles. The van der Waals surface area contributed by atoms with Gasteiger partial charge < -0.3 is 5.21 Å². The lowest BCUT2D eigenvalue weighted by molar-refractivity contribution is -0.645. The van der Waals surface area contributed by atoms with Crippen LogP contribution in [0, 0.1) is 19.1 Å². The highest BCUT2D eigenvalue weighted by atomic mass is 32.2. The molecule has 0 unspecified atom stereocenters. The van der Waals surface area contributed by atoms with Gasteiger partial charge in [-0.1, -0.05) is 0 Å². The van der Waals surface area contributed by atoms with E-state index in [1.807, 2.05) is 19.9 Å². The smallest absolute Gasteiger partial charge is 0.251 e. The minimum atomic E-state index is -0.246. The third-order valence-corrected chi connectivity index (χ3v) is 3.39. The number of aromatic nitrogens is 3. The van der Waals surface area contributed by atoms with Crippen molar-refractivity contribution in [2.75, 3.05) is 11.1 Å². The summed E-state index contributed by atoms with van der Waals surface area (Å²) in [6, 6.07) is 6.88. The Hall–Kier alpha value is -2.15. The van der Waals surface area contributed by atoms with Gasteiger partial charge in [0.05, 0.1) is 5.75 Å². The summed E-state index contributed by atoms with van der Waals surface area (Å²) in [6.45, 7) is 3.67. The summed E-state index contributed by atoms with van der Waals surface area (Å²) in [7, 11) is 0. The molecule has 0 radical (unpaired) electrons. The maximum atomic E-state index is 11.8. The zero-order chi connectivity index (χ0) is 14.5. The third-order valence-electron chi connectivity index (χ3n) is 2.37. The van der Waals surface area contributed by atoms with Crippen LogP contribution in [0.3, 0.4) is 0 Å². The number of carbonyl (C=O) groups excluding carboxylic acids is 1. The lowest BCUT2D eigenvalue weighted by atomic mass is 10.4. The molecule has 104 valence electrons. The highest BCUT2D eigenvalue weighted by Gasteiger charge is 2.10. The molecule has 20 heavy (non-hydrogen) atoms. The number of thioether (sulfide) groups is 1. The molecule has 0 aromatic carbocycles. The molecule has 0 saturated carbocycles. The van der Waals surface area contributed by atoms with E-state index in [2.05, 4.69) is 15.3 Å². The number of hydrogen-bond donors (Lipinski definition) is 1. The highest BCUT2D eigenvalue weighted by molar-refractivity contribution is 7.99. The fourth-order valence-corrected chi connectivity index (χ4v) is 2.32. The van der Waals surface area contributed by atoms with Gasteiger partial charge in [-0.25, -0.2) is 9.97 Å². The lowest BCUT2D eigenvalue weighted by Gasteiger charge is -2.05. The summed E-state index contributed by atoms with van der Waals surface area (Å²) in [5.74, 6) is 0.169. The third kappa shape index (κ3) is 3.92. The topological polar surface area (TPSA) is 81.8 Å². The van der Waals surface area contributed by atoms with Crippen LogP contribution >= 0.6 is 11.8 Å². The molecule has 0 aliphatic rings. The van der Waals surface area contributed by atoms with Crippen LogP contribution in [0.4, 0.5) is 5.95 Å². The van der Waals surface area contributed by atoms with Crippen LogP contribution < -0.4 is 10.0 Å². The van der Waals surface area contributed by atoms with Crippen LogP contribution in [0.2, 0.25) is 0 Å². The molecule has 1 amide bonds. The average molecular weight is 290 g/mol. The van der Waals surface area contributed by atoms with Gasteiger partial charge in [-0.05, 0) is 37.7 Å². The lowest BCUT2D eigenvalue weighted by Crippen LogP contribution is -2.28. The molecule has 0 spiro atoms. The molecule has 2 heterocycles. The first-order valence-electron chi connectivity index (χ1n) is 5.98. The van der Waals surface area contributed by atoms with Crippen LogP contribution in [0.15, 0.2) is 35.5 Å². The monoisotopic (exact) mass is 290 g/mol. The Kier molecular flexibility index (Phi) is 4.52. The molecule has 6 nitrogen and oxygen atoms in total. The molecule has 0 fully saturated rings. The number of anilines is 1. The number of rotatable bonds is 4. The van der Waals surface area contributed by atoms with E-state index in [1.54, 1.807) is 18.2 Å². The Morgan fingerprint density at radius 1 is 1.35 bits per heavy atom. The largest absolute Gasteiger partial charge is 0.618 e. The standard InChI is InChI=1S/C13H14N4O2S/c1-9-7-10(2)15-13(14-9)16-11(18)8-20-12-5-3-4-6-17(12)19/h3-7H,8H2,1-2H3,(H,14,15,16,18). The van der Waals surface area contributed by atoms with E-state index in [0.29, 0.717) is 5.03 Å². The molecule has 2 aromatic heterocycles. The summed E-state index contributed by atoms with van der Waals surface area (Å²) in [4.78, 5) is 20.1. The Morgan fingerprint density at radius 2 is 2.05 bits per heavy atom. The van der Waals surface area contributed by atoms with E-state index < -0.39 is 0 Å². The Bertz CT molecular complexity index is 613. The zero-order valence-corrected chi connectivity index (χ0v) is 12.0. The number of pyridine rings is 1. The van der Waals surface area contributed by atoms with Crippen molar-refractivity contribution in [3.63, 3.8) is 0 Å². The maximum absolute atomic E-state index is 11.8. The second-order valence-electron chi connectivity index (χ2n) is 4.18. The van der Waals surface area contributed by atoms with E-state index in [9.17, 15) is 10.0 Å². The summed E-state index contributed by atoms with van der Waals surface area (Å²) in [6.07, 6.45) is 1.40. The summed E-state index contributed by atoms with van der Waals surface area (Å²) in [5, 5.41) is 14.5. The van der Waals surface area contributed by atoms with Gasteiger partial charge in [0.2, 0.25) is 11.9 Å². The van der Waals surface area contributed by atoms with Gasteiger partial charge in [0.15, 0.2) is 6.20 Å². The number of aryl methyl sites for hydroxylation is 2. The minimum Gasteiger partial charge on any atom is -0.618 e. The van der Waals surface area contributed by atoms with E-state index in [-0.39, 0.29) is 17.6 Å². The van der Waals surface area contributed by atoms with Crippen molar-refractivity contribution in [3.8, 4) is 0 Å². The average Bonchev–Trinajstić information content (AvgIpc) is 2.36. The highest BCUT2D eigenvalue weighted by Crippen LogP contribution is 2.13. The molecular formula is C13H14N4O2S. The van der Waals surface area contributed by atoms with Crippen molar-refractivity contribution >= 4 is 23.6 Å². The van der Waals surface area contributed by atoms with Crippen LogP contribution in [0.1, 0.15) is 11.4 Å². The number of nitrogens with zero attached hydrogens (tertiary/aromatic N) is 3. The number of hydrogen-bond acceptors (Lipinski definition) is 5. The fraction of sp³-hybridized carbons (Fsp3) is 0.231. The van der Waals surface area contributed by atoms with Crippen molar-refractivity contribution in [2.45, 2.75) is 18.9 Å². The Labute approximate surface area is 120 Å². The first-order chi connectivity index (χ1) is 9.54. The van der Waals surface area contributed by atoms with Crippen LogP contribution in [0.25, 0.3) is 0 Å². The second kappa shape index (κ2) is 6.33. The molecule has 1 N–H and O–H groups in total. The number of carbonyl (C=O) groups is 1. The first kappa shape index (κ1) is 14.3. The van der Waals surface area contributed by atoms with Crippen LogP contribution in [-0.2, 0) is 4.79 Å². The summed E-state index contributed by atoms with van der Waals surface area (Å²) in [5.41, 5.74) is 1.59. The predicted molar refractivity (Wildman–Crippen MR) is 76.3 cm³/mol. The maximum Gasteiger partial charge on any atom is 0.251 e. The van der Waals surface area contributed by atoms with Gasteiger partial charge in [-0.2, -0.15) is 4.73 Å². The molecule has 0 saturated heterocycles. The van der Waals surface area contributed by atoms with Gasteiger partial charge in [-0.3, -0.25) is 10.1 Å². The van der Waals surface area contributed by atoms with E-state index in [1.165, 1.54) is 18.0 Å². The molecule has 0 bridgehead atoms. The van der Waals surface area contributed by atoms with Crippen molar-refractivity contribution in [1.29, 1.82) is 0 Å². The summed E-state index contributed by atoms with van der Waals surface area (Å²) < 4.78 is 0.727. The van der Waals surface area contributed by atoms with E-state index in [4.69, 9.17) is 0 Å². The van der Waals surface area contributed by atoms with Gasteiger partial charge in [0.1, 0.15) is 0 Å². The summed E-state index contributed by atoms with van der Waals surface area (Å²) >= 11 is 1.17. The van der Waals surface area contributed by atoms with Gasteiger partial charge in [-0.15, -0.1) is 0 Å². The second-order valence-corrected chi connectivity index (χ2v) is 5.17. The van der Waals surface area contributed by atoms with E-state index >= 15 is 0 Å². The zero-order valence-electron chi connectivity index (χ0n) is 11.2. The number of amides is 1. The fourth-order valence-electron chi connectivity index (χ4n) is 1.61. The van der Waals surface area contributed by atoms with Crippen molar-refractivity contribution in [1.82, 2.24) is 9.97 Å². The van der Waals surface area contributed by atoms with Crippen molar-refractivity contribution in [2.24, 2.45) is 0 Å². The van der Waals surface area contributed by atoms with Crippen LogP contribution in [-0.4, -0.2) is 21.6 Å². The Morgan fingerprint density at radius 3 is 2.70 bits per heavy atom. The first-order valence-corrected chi connectivity index (χ1v) is 6.96. The normalized spacial score (nSPS) is 10.3. The predicted octanol–water partition coefficient (Wildman–Crippen LogP) is 1.46. The molecular weight excluding hydrogens is 276 g/mol. The molecule has 2 aromatic rings. The Balaban J connectivity index is 1.94. The van der Waals surface area contributed by atoms with Crippen molar-refractivity contribution < 1.29 is 9.52 Å². The molecule has 2 rings (SSSR count). The van der Waals surface area contributed by atoms with Gasteiger partial charge in [0, 0.05) is 23.5 Å². The van der Waals surface area contributed by atoms with Gasteiger partial charge >= 0.3 is 0 Å².